The van der Waals surface area contributed by atoms with E-state index in [1.165, 1.54) is 10.8 Å². The zero-order chi connectivity index (χ0) is 22.4. The van der Waals surface area contributed by atoms with E-state index in [1.54, 1.807) is 11.8 Å². The maximum Gasteiger partial charge on any atom is 0.274 e. The number of nitrogens with one attached hydrogen (secondary N) is 1. The molecule has 164 valence electrons. The smallest absolute Gasteiger partial charge is 0.274 e. The van der Waals surface area contributed by atoms with Gasteiger partial charge in [-0.1, -0.05) is 0 Å². The molecule has 1 saturated heterocycles. The predicted octanol–water partition coefficient (Wildman–Crippen LogP) is 2.64. The summed E-state index contributed by atoms with van der Waals surface area (Å²) in [5, 5.41) is 12.8. The number of carbonyl (C=O) groups excluding carboxylic acids is 2. The van der Waals surface area contributed by atoms with Gasteiger partial charge < -0.3 is 19.9 Å². The largest absolute Gasteiger partial charge is 0.503 e. The number of fused-ring (bicyclic) bond motifs is 4. The first-order valence-electron chi connectivity index (χ1n) is 10.2. The second-order valence-electron chi connectivity index (χ2n) is 8.26. The molecule has 2 aromatic rings. The minimum Gasteiger partial charge on any atom is -0.503 e. The molecule has 0 radical (unpaired) electrons. The molecule has 2 N–H and O–H groups in total. The van der Waals surface area contributed by atoms with E-state index >= 15 is 0 Å². The molecule has 2 bridgehead atoms. The summed E-state index contributed by atoms with van der Waals surface area (Å²) in [7, 11) is 0. The Morgan fingerprint density at radius 1 is 1.23 bits per heavy atom. The van der Waals surface area contributed by atoms with Gasteiger partial charge in [-0.3, -0.25) is 14.4 Å². The fourth-order valence-corrected chi connectivity index (χ4v) is 4.39. The van der Waals surface area contributed by atoms with Crippen molar-refractivity contribution in [2.24, 2.45) is 0 Å². The van der Waals surface area contributed by atoms with Crippen LogP contribution < -0.4 is 10.7 Å². The summed E-state index contributed by atoms with van der Waals surface area (Å²) >= 11 is 0. The Morgan fingerprint density at radius 3 is 2.58 bits per heavy atom. The molecule has 1 fully saturated rings. The van der Waals surface area contributed by atoms with Crippen LogP contribution in [0.2, 0.25) is 0 Å². The van der Waals surface area contributed by atoms with Crippen LogP contribution in [0, 0.1) is 18.6 Å². The standard InChI is InChI=1S/C22H23F2N3O4/c1-11-6-16(23)14(17(24)7-11)8-25-21(30)15-10-27-13-5-3-4-12(2)26(9-13)22(31)18(27)20(29)19(15)28/h6-7,10,12-13,29H,3-5,8-9H2,1-2H3,(H,25,30). The molecule has 0 spiro atoms. The summed E-state index contributed by atoms with van der Waals surface area (Å²) in [4.78, 5) is 39.9. The van der Waals surface area contributed by atoms with Gasteiger partial charge in [0, 0.05) is 30.9 Å². The van der Waals surface area contributed by atoms with E-state index < -0.39 is 41.2 Å². The third-order valence-corrected chi connectivity index (χ3v) is 6.12. The molecule has 3 heterocycles. The van der Waals surface area contributed by atoms with Crippen molar-refractivity contribution in [2.75, 3.05) is 6.54 Å². The Morgan fingerprint density at radius 2 is 1.90 bits per heavy atom. The van der Waals surface area contributed by atoms with Crippen molar-refractivity contribution >= 4 is 11.8 Å². The summed E-state index contributed by atoms with van der Waals surface area (Å²) in [6, 6.07) is 2.11. The van der Waals surface area contributed by atoms with Crippen LogP contribution in [0.15, 0.2) is 23.1 Å². The fraction of sp³-hybridized carbons (Fsp3) is 0.409. The highest BCUT2D eigenvalue weighted by Gasteiger charge is 2.38. The van der Waals surface area contributed by atoms with Crippen molar-refractivity contribution in [3.63, 3.8) is 0 Å². The number of rotatable bonds is 3. The lowest BCUT2D eigenvalue weighted by Crippen LogP contribution is -2.47. The van der Waals surface area contributed by atoms with Crippen LogP contribution in [-0.2, 0) is 6.54 Å². The van der Waals surface area contributed by atoms with E-state index in [0.717, 1.165) is 31.4 Å². The first-order chi connectivity index (χ1) is 14.7. The highest BCUT2D eigenvalue weighted by molar-refractivity contribution is 5.99. The van der Waals surface area contributed by atoms with Crippen LogP contribution in [0.4, 0.5) is 8.78 Å². The van der Waals surface area contributed by atoms with E-state index in [2.05, 4.69) is 5.32 Å². The van der Waals surface area contributed by atoms with Crippen LogP contribution in [0.25, 0.3) is 0 Å². The molecule has 0 saturated carbocycles. The van der Waals surface area contributed by atoms with Gasteiger partial charge in [-0.2, -0.15) is 0 Å². The number of aromatic hydroxyl groups is 1. The molecular weight excluding hydrogens is 408 g/mol. The topological polar surface area (TPSA) is 91.6 Å². The summed E-state index contributed by atoms with van der Waals surface area (Å²) in [5.41, 5.74) is -1.42. The third kappa shape index (κ3) is 3.58. The molecule has 2 atom stereocenters. The van der Waals surface area contributed by atoms with Gasteiger partial charge in [0.15, 0.2) is 11.4 Å². The first kappa shape index (κ1) is 21.0. The molecule has 31 heavy (non-hydrogen) atoms. The quantitative estimate of drug-likeness (QED) is 0.782. The van der Waals surface area contributed by atoms with Gasteiger partial charge in [0.05, 0.1) is 6.04 Å². The van der Waals surface area contributed by atoms with E-state index in [9.17, 15) is 28.3 Å². The lowest BCUT2D eigenvalue weighted by atomic mass is 10.1. The minimum absolute atomic E-state index is 0.0111. The van der Waals surface area contributed by atoms with Gasteiger partial charge in [-0.25, -0.2) is 8.78 Å². The molecule has 1 aromatic carbocycles. The molecule has 4 rings (SSSR count). The molecule has 9 heteroatoms. The number of amides is 2. The number of carbonyl (C=O) groups is 2. The maximum atomic E-state index is 14.0. The predicted molar refractivity (Wildman–Crippen MR) is 108 cm³/mol. The first-order valence-corrected chi connectivity index (χ1v) is 10.2. The number of halogens is 2. The van der Waals surface area contributed by atoms with Crippen LogP contribution in [0.3, 0.4) is 0 Å². The van der Waals surface area contributed by atoms with Crippen molar-refractivity contribution in [3.05, 3.63) is 62.6 Å². The molecule has 7 nitrogen and oxygen atoms in total. The molecule has 2 aliphatic rings. The second kappa shape index (κ2) is 7.79. The lowest BCUT2D eigenvalue weighted by Gasteiger charge is -2.37. The van der Waals surface area contributed by atoms with Crippen LogP contribution in [0.5, 0.6) is 5.75 Å². The van der Waals surface area contributed by atoms with Gasteiger partial charge in [0.2, 0.25) is 5.43 Å². The minimum atomic E-state index is -0.991. The molecule has 0 aliphatic carbocycles. The highest BCUT2D eigenvalue weighted by Crippen LogP contribution is 2.34. The zero-order valence-corrected chi connectivity index (χ0v) is 17.2. The van der Waals surface area contributed by atoms with Crippen LogP contribution in [-0.4, -0.2) is 39.0 Å². The van der Waals surface area contributed by atoms with E-state index in [1.807, 2.05) is 6.92 Å². The number of aryl methyl sites for hydroxylation is 1. The maximum absolute atomic E-state index is 14.0. The van der Waals surface area contributed by atoms with Crippen LogP contribution >= 0.6 is 0 Å². The lowest BCUT2D eigenvalue weighted by molar-refractivity contribution is 0.0604. The van der Waals surface area contributed by atoms with Gasteiger partial charge >= 0.3 is 0 Å². The van der Waals surface area contributed by atoms with Gasteiger partial charge in [0.1, 0.15) is 17.2 Å². The van der Waals surface area contributed by atoms with Crippen molar-refractivity contribution in [3.8, 4) is 5.75 Å². The molecule has 2 aliphatic heterocycles. The van der Waals surface area contributed by atoms with Crippen LogP contribution in [0.1, 0.15) is 64.2 Å². The summed E-state index contributed by atoms with van der Waals surface area (Å²) in [5.74, 6) is -3.72. The average molecular weight is 431 g/mol. The number of nitrogens with zero attached hydrogens (tertiary/aromatic N) is 2. The van der Waals surface area contributed by atoms with Gasteiger partial charge in [-0.05, 0) is 50.8 Å². The zero-order valence-electron chi connectivity index (χ0n) is 17.2. The normalized spacial score (nSPS) is 20.3. The van der Waals surface area contributed by atoms with Gasteiger partial charge in [0.25, 0.3) is 11.8 Å². The number of benzene rings is 1. The molecule has 1 aromatic heterocycles. The van der Waals surface area contributed by atoms with Crippen molar-refractivity contribution in [1.82, 2.24) is 14.8 Å². The molecule has 2 amide bonds. The Balaban J connectivity index is 1.67. The Labute approximate surface area is 177 Å². The SMILES string of the molecule is Cc1cc(F)c(CNC(=O)c2cn3c(c(O)c2=O)C(=O)N2CC3CCCC2C)c(F)c1. The third-order valence-electron chi connectivity index (χ3n) is 6.12. The van der Waals surface area contributed by atoms with Gasteiger partial charge in [-0.15, -0.1) is 0 Å². The summed E-state index contributed by atoms with van der Waals surface area (Å²) in [6.45, 7) is 3.43. The summed E-state index contributed by atoms with van der Waals surface area (Å²) < 4.78 is 29.6. The van der Waals surface area contributed by atoms with Crippen molar-refractivity contribution in [1.29, 1.82) is 0 Å². The number of aromatic nitrogens is 1. The Kier molecular flexibility index (Phi) is 5.28. The Hall–Kier alpha value is -3.23. The highest BCUT2D eigenvalue weighted by atomic mass is 19.1. The monoisotopic (exact) mass is 431 g/mol. The van der Waals surface area contributed by atoms with Crippen molar-refractivity contribution in [2.45, 2.75) is 51.7 Å². The average Bonchev–Trinajstić information content (AvgIpc) is 2.87. The number of hydrogen-bond donors (Lipinski definition) is 2. The molecule has 2 unspecified atom stereocenters. The van der Waals surface area contributed by atoms with E-state index in [4.69, 9.17) is 0 Å². The van der Waals surface area contributed by atoms with E-state index in [0.29, 0.717) is 12.1 Å². The molecular formula is C22H23F2N3O4. The number of pyridine rings is 1. The van der Waals surface area contributed by atoms with Crippen molar-refractivity contribution < 1.29 is 23.5 Å². The van der Waals surface area contributed by atoms with E-state index in [-0.39, 0.29) is 28.9 Å². The second-order valence-corrected chi connectivity index (χ2v) is 8.26. The fourth-order valence-electron chi connectivity index (χ4n) is 4.39. The number of hydrogen-bond acceptors (Lipinski definition) is 4. The summed E-state index contributed by atoms with van der Waals surface area (Å²) in [6.07, 6.45) is 3.66. The Bertz CT molecular complexity index is 1120.